The first-order chi connectivity index (χ1) is 16.1. The molecule has 5 rings (SSSR count). The van der Waals surface area contributed by atoms with Crippen molar-refractivity contribution in [1.82, 2.24) is 15.5 Å². The molecular formula is C26H27FN4O2. The van der Waals surface area contributed by atoms with E-state index in [1.54, 1.807) is 18.2 Å². The second-order valence-electron chi connectivity index (χ2n) is 8.88. The Morgan fingerprint density at radius 3 is 2.94 bits per heavy atom. The van der Waals surface area contributed by atoms with Crippen LogP contribution in [0.25, 0.3) is 16.5 Å². The molecule has 3 atom stereocenters. The Morgan fingerprint density at radius 2 is 2.09 bits per heavy atom. The Morgan fingerprint density at radius 1 is 1.21 bits per heavy atom. The Balaban J connectivity index is 1.29. The standard InChI is InChI=1S/C26H27FN4O2/c1-16-13-17(11-12-28-16)25-21-14-18(9-10-23(21)30-31-25)26(32)29-19-5-4-6-20(15-19)33-24-8-3-2-7-22(24)27/h2-3,7-12,14,16,19-20H,4-6,13,15H2,1H3,(H,29,32)(H,30,31). The second-order valence-corrected chi connectivity index (χ2v) is 8.88. The van der Waals surface area contributed by atoms with E-state index in [2.05, 4.69) is 27.4 Å². The van der Waals surface area contributed by atoms with Crippen LogP contribution in [0.5, 0.6) is 5.75 Å². The van der Waals surface area contributed by atoms with E-state index < -0.39 is 0 Å². The molecular weight excluding hydrogens is 419 g/mol. The normalized spacial score (nSPS) is 22.7. The maximum absolute atomic E-state index is 13.9. The van der Waals surface area contributed by atoms with Crippen LogP contribution in [0.2, 0.25) is 0 Å². The maximum atomic E-state index is 13.9. The van der Waals surface area contributed by atoms with E-state index in [-0.39, 0.29) is 35.7 Å². The summed E-state index contributed by atoms with van der Waals surface area (Å²) < 4.78 is 19.8. The fourth-order valence-corrected chi connectivity index (χ4v) is 4.67. The van der Waals surface area contributed by atoms with Gasteiger partial charge in [-0.1, -0.05) is 12.1 Å². The van der Waals surface area contributed by atoms with Gasteiger partial charge in [-0.3, -0.25) is 14.9 Å². The van der Waals surface area contributed by atoms with Crippen molar-refractivity contribution in [3.8, 4) is 5.75 Å². The van der Waals surface area contributed by atoms with Crippen molar-refractivity contribution < 1.29 is 13.9 Å². The lowest BCUT2D eigenvalue weighted by molar-refractivity contribution is 0.0878. The molecule has 33 heavy (non-hydrogen) atoms. The van der Waals surface area contributed by atoms with Gasteiger partial charge in [-0.05, 0) is 74.6 Å². The molecule has 6 nitrogen and oxygen atoms in total. The fraction of sp³-hybridized carbons (Fsp3) is 0.346. The van der Waals surface area contributed by atoms with Gasteiger partial charge in [0.2, 0.25) is 0 Å². The molecule has 1 aromatic heterocycles. The molecule has 1 aliphatic carbocycles. The van der Waals surface area contributed by atoms with Gasteiger partial charge in [0.1, 0.15) is 6.10 Å². The van der Waals surface area contributed by atoms with E-state index in [9.17, 15) is 9.18 Å². The summed E-state index contributed by atoms with van der Waals surface area (Å²) in [5.41, 5.74) is 3.48. The molecule has 0 spiro atoms. The van der Waals surface area contributed by atoms with Crippen molar-refractivity contribution in [2.45, 2.75) is 57.2 Å². The van der Waals surface area contributed by atoms with Crippen LogP contribution in [0, 0.1) is 5.82 Å². The molecule has 2 aliphatic rings. The number of amides is 1. The van der Waals surface area contributed by atoms with E-state index >= 15 is 0 Å². The number of rotatable bonds is 5. The molecule has 170 valence electrons. The van der Waals surface area contributed by atoms with E-state index in [1.807, 2.05) is 30.5 Å². The number of aromatic amines is 1. The van der Waals surface area contributed by atoms with Crippen molar-refractivity contribution in [2.75, 3.05) is 0 Å². The summed E-state index contributed by atoms with van der Waals surface area (Å²) >= 11 is 0. The van der Waals surface area contributed by atoms with Crippen LogP contribution >= 0.6 is 0 Å². The van der Waals surface area contributed by atoms with Crippen LogP contribution in [-0.4, -0.2) is 40.5 Å². The molecule has 1 amide bonds. The number of carbonyl (C=O) groups excluding carboxylic acids is 1. The average Bonchev–Trinajstić information content (AvgIpc) is 3.24. The average molecular weight is 447 g/mol. The van der Waals surface area contributed by atoms with Gasteiger partial charge in [0.25, 0.3) is 5.91 Å². The first-order valence-electron chi connectivity index (χ1n) is 11.5. The van der Waals surface area contributed by atoms with Crippen molar-refractivity contribution in [3.05, 3.63) is 65.6 Å². The van der Waals surface area contributed by atoms with E-state index in [0.717, 1.165) is 47.9 Å². The van der Waals surface area contributed by atoms with Crippen molar-refractivity contribution in [1.29, 1.82) is 0 Å². The molecule has 2 N–H and O–H groups in total. The predicted octanol–water partition coefficient (Wildman–Crippen LogP) is 5.07. The van der Waals surface area contributed by atoms with E-state index in [0.29, 0.717) is 12.0 Å². The number of allylic oxidation sites excluding steroid dienone is 1. The summed E-state index contributed by atoms with van der Waals surface area (Å²) in [7, 11) is 0. The number of nitrogens with zero attached hydrogens (tertiary/aromatic N) is 2. The monoisotopic (exact) mass is 446 g/mol. The fourth-order valence-electron chi connectivity index (χ4n) is 4.67. The van der Waals surface area contributed by atoms with Crippen LogP contribution in [0.4, 0.5) is 4.39 Å². The highest BCUT2D eigenvalue weighted by atomic mass is 19.1. The van der Waals surface area contributed by atoms with Crippen LogP contribution in [-0.2, 0) is 0 Å². The van der Waals surface area contributed by atoms with Crippen LogP contribution in [0.1, 0.15) is 55.1 Å². The maximum Gasteiger partial charge on any atom is 0.251 e. The quantitative estimate of drug-likeness (QED) is 0.574. The minimum atomic E-state index is -0.360. The van der Waals surface area contributed by atoms with Gasteiger partial charge >= 0.3 is 0 Å². The highest BCUT2D eigenvalue weighted by Gasteiger charge is 2.26. The van der Waals surface area contributed by atoms with Gasteiger partial charge in [0, 0.05) is 29.6 Å². The van der Waals surface area contributed by atoms with Crippen molar-refractivity contribution >= 4 is 28.6 Å². The molecule has 2 aromatic carbocycles. The Kier molecular flexibility index (Phi) is 5.94. The van der Waals surface area contributed by atoms with Gasteiger partial charge in [-0.15, -0.1) is 0 Å². The zero-order chi connectivity index (χ0) is 22.8. The molecule has 1 aliphatic heterocycles. The van der Waals surface area contributed by atoms with E-state index in [1.165, 1.54) is 6.07 Å². The number of hydrogen-bond donors (Lipinski definition) is 2. The zero-order valence-electron chi connectivity index (χ0n) is 18.6. The molecule has 2 heterocycles. The topological polar surface area (TPSA) is 79.4 Å². The van der Waals surface area contributed by atoms with Gasteiger partial charge in [-0.2, -0.15) is 5.10 Å². The Labute approximate surface area is 191 Å². The molecule has 0 saturated heterocycles. The van der Waals surface area contributed by atoms with Crippen LogP contribution < -0.4 is 10.1 Å². The number of aromatic nitrogens is 2. The zero-order valence-corrected chi connectivity index (χ0v) is 18.6. The number of hydrogen-bond acceptors (Lipinski definition) is 4. The first-order valence-corrected chi connectivity index (χ1v) is 11.5. The molecule has 7 heteroatoms. The number of H-pyrrole nitrogens is 1. The summed E-state index contributed by atoms with van der Waals surface area (Å²) in [6.45, 7) is 2.07. The third-order valence-electron chi connectivity index (χ3n) is 6.35. The predicted molar refractivity (Wildman–Crippen MR) is 127 cm³/mol. The number of para-hydroxylation sites is 1. The third-order valence-corrected chi connectivity index (χ3v) is 6.35. The lowest BCUT2D eigenvalue weighted by Crippen LogP contribution is -2.41. The smallest absolute Gasteiger partial charge is 0.251 e. The SMILES string of the molecule is CC1CC(c2n[nH]c3ccc(C(=O)NC4CCCC(Oc5ccccc5F)C4)cc23)=CC=N1. The van der Waals surface area contributed by atoms with Gasteiger partial charge in [0.15, 0.2) is 11.6 Å². The van der Waals surface area contributed by atoms with Crippen molar-refractivity contribution in [3.63, 3.8) is 0 Å². The van der Waals surface area contributed by atoms with Crippen molar-refractivity contribution in [2.24, 2.45) is 4.99 Å². The number of benzene rings is 2. The lowest BCUT2D eigenvalue weighted by Gasteiger charge is -2.30. The first kappa shape index (κ1) is 21.4. The summed E-state index contributed by atoms with van der Waals surface area (Å²) in [6, 6.07) is 12.3. The number of nitrogens with one attached hydrogen (secondary N) is 2. The van der Waals surface area contributed by atoms with E-state index in [4.69, 9.17) is 4.74 Å². The number of carbonyl (C=O) groups is 1. The highest BCUT2D eigenvalue weighted by molar-refractivity contribution is 6.01. The Hall–Kier alpha value is -3.48. The summed E-state index contributed by atoms with van der Waals surface area (Å²) in [6.07, 6.45) is 7.81. The molecule has 1 saturated carbocycles. The minimum absolute atomic E-state index is 0.0133. The largest absolute Gasteiger partial charge is 0.487 e. The number of fused-ring (bicyclic) bond motifs is 1. The van der Waals surface area contributed by atoms with Crippen LogP contribution in [0.15, 0.2) is 53.5 Å². The Bertz CT molecular complexity index is 1230. The summed E-state index contributed by atoms with van der Waals surface area (Å²) in [4.78, 5) is 17.4. The highest BCUT2D eigenvalue weighted by Crippen LogP contribution is 2.29. The third kappa shape index (κ3) is 4.67. The molecule has 3 aromatic rings. The number of halogens is 1. The molecule has 0 radical (unpaired) electrons. The molecule has 3 unspecified atom stereocenters. The molecule has 1 fully saturated rings. The van der Waals surface area contributed by atoms with Gasteiger partial charge in [0.05, 0.1) is 17.3 Å². The number of aliphatic imine (C=N–C) groups is 1. The van der Waals surface area contributed by atoms with Crippen LogP contribution in [0.3, 0.4) is 0 Å². The van der Waals surface area contributed by atoms with Gasteiger partial charge in [-0.25, -0.2) is 4.39 Å². The number of dihydropyridines is 1. The molecule has 0 bridgehead atoms. The summed E-state index contributed by atoms with van der Waals surface area (Å²) in [5.74, 6) is -0.210. The number of ether oxygens (including phenoxy) is 1. The minimum Gasteiger partial charge on any atom is -0.487 e. The van der Waals surface area contributed by atoms with Gasteiger partial charge < -0.3 is 10.1 Å². The second kappa shape index (κ2) is 9.17. The summed E-state index contributed by atoms with van der Waals surface area (Å²) in [5, 5.41) is 11.6. The lowest BCUT2D eigenvalue weighted by atomic mass is 9.92.